The van der Waals surface area contributed by atoms with Gasteiger partial charge in [0.2, 0.25) is 5.91 Å². The van der Waals surface area contributed by atoms with Gasteiger partial charge in [-0.25, -0.2) is 0 Å². The zero-order valence-electron chi connectivity index (χ0n) is 13.1. The number of nitrogens with one attached hydrogen (secondary N) is 1. The van der Waals surface area contributed by atoms with Gasteiger partial charge in [-0.3, -0.25) is 4.79 Å². The summed E-state index contributed by atoms with van der Waals surface area (Å²) in [5.41, 5.74) is 4.04. The number of hydrogen-bond acceptors (Lipinski definition) is 3. The first kappa shape index (κ1) is 14.4. The lowest BCUT2D eigenvalue weighted by molar-refractivity contribution is -0.129. The van der Waals surface area contributed by atoms with E-state index < -0.39 is 0 Å². The van der Waals surface area contributed by atoms with Crippen LogP contribution in [0.15, 0.2) is 18.2 Å². The van der Waals surface area contributed by atoms with E-state index in [9.17, 15) is 4.79 Å². The molecule has 0 bridgehead atoms. The lowest BCUT2D eigenvalue weighted by Gasteiger charge is -2.36. The molecule has 0 radical (unpaired) electrons. The summed E-state index contributed by atoms with van der Waals surface area (Å²) >= 11 is 0. The summed E-state index contributed by atoms with van der Waals surface area (Å²) in [6.07, 6.45) is 2.66. The summed E-state index contributed by atoms with van der Waals surface area (Å²) in [7, 11) is 0. The first-order valence-corrected chi connectivity index (χ1v) is 7.97. The number of carbonyl (C=O) groups excluding carboxylic acids is 1. The van der Waals surface area contributed by atoms with Gasteiger partial charge in [0.1, 0.15) is 0 Å². The Labute approximate surface area is 127 Å². The predicted molar refractivity (Wildman–Crippen MR) is 85.5 cm³/mol. The summed E-state index contributed by atoms with van der Waals surface area (Å²) in [6.45, 7) is 8.35. The van der Waals surface area contributed by atoms with Gasteiger partial charge in [-0.05, 0) is 43.0 Å². The molecule has 0 unspecified atom stereocenters. The van der Waals surface area contributed by atoms with Crippen molar-refractivity contribution in [2.75, 3.05) is 31.1 Å². The van der Waals surface area contributed by atoms with E-state index in [0.29, 0.717) is 0 Å². The predicted octanol–water partition coefficient (Wildman–Crippen LogP) is 1.92. The molecule has 2 aliphatic rings. The molecule has 4 nitrogen and oxygen atoms in total. The van der Waals surface area contributed by atoms with Crippen LogP contribution in [0.4, 0.5) is 5.69 Å². The van der Waals surface area contributed by atoms with Gasteiger partial charge in [0.25, 0.3) is 0 Å². The summed E-state index contributed by atoms with van der Waals surface area (Å²) in [5.74, 6) is 0.187. The van der Waals surface area contributed by atoms with Crippen molar-refractivity contribution in [2.24, 2.45) is 0 Å². The lowest BCUT2D eigenvalue weighted by atomic mass is 10.1. The smallest absolute Gasteiger partial charge is 0.219 e. The Morgan fingerprint density at radius 1 is 1.24 bits per heavy atom. The van der Waals surface area contributed by atoms with Gasteiger partial charge in [0.05, 0.1) is 0 Å². The molecule has 114 valence electrons. The zero-order chi connectivity index (χ0) is 14.8. The van der Waals surface area contributed by atoms with Crippen LogP contribution in [-0.4, -0.2) is 43.0 Å². The number of anilines is 1. The molecule has 2 fully saturated rings. The third kappa shape index (κ3) is 3.56. The molecule has 0 atom stereocenters. The van der Waals surface area contributed by atoms with Crippen LogP contribution in [0.2, 0.25) is 0 Å². The molecule has 1 aliphatic heterocycles. The van der Waals surface area contributed by atoms with Gasteiger partial charge in [0, 0.05) is 51.4 Å². The molecule has 1 aliphatic carbocycles. The Hall–Kier alpha value is -1.55. The van der Waals surface area contributed by atoms with Crippen LogP contribution in [-0.2, 0) is 11.3 Å². The van der Waals surface area contributed by atoms with E-state index in [0.717, 1.165) is 38.8 Å². The van der Waals surface area contributed by atoms with Crippen LogP contribution in [0, 0.1) is 6.92 Å². The highest BCUT2D eigenvalue weighted by molar-refractivity contribution is 5.73. The topological polar surface area (TPSA) is 35.6 Å². The molecule has 0 spiro atoms. The number of benzene rings is 1. The van der Waals surface area contributed by atoms with E-state index in [1.165, 1.54) is 29.7 Å². The van der Waals surface area contributed by atoms with Crippen molar-refractivity contribution < 1.29 is 4.79 Å². The van der Waals surface area contributed by atoms with Crippen LogP contribution in [0.3, 0.4) is 0 Å². The van der Waals surface area contributed by atoms with Crippen molar-refractivity contribution in [1.29, 1.82) is 0 Å². The van der Waals surface area contributed by atoms with E-state index in [2.05, 4.69) is 35.3 Å². The third-order valence-corrected chi connectivity index (χ3v) is 4.57. The average Bonchev–Trinajstić information content (AvgIpc) is 3.30. The highest BCUT2D eigenvalue weighted by atomic mass is 16.2. The molecular weight excluding hydrogens is 262 g/mol. The second-order valence-electron chi connectivity index (χ2n) is 6.26. The molecule has 0 aromatic heterocycles. The van der Waals surface area contributed by atoms with Crippen LogP contribution >= 0.6 is 0 Å². The Balaban J connectivity index is 1.60. The van der Waals surface area contributed by atoms with Crippen molar-refractivity contribution in [3.8, 4) is 0 Å². The number of carbonyl (C=O) groups is 1. The third-order valence-electron chi connectivity index (χ3n) is 4.57. The Morgan fingerprint density at radius 2 is 1.95 bits per heavy atom. The first-order valence-electron chi connectivity index (χ1n) is 7.97. The van der Waals surface area contributed by atoms with E-state index >= 15 is 0 Å². The highest BCUT2D eigenvalue weighted by Crippen LogP contribution is 2.23. The maximum Gasteiger partial charge on any atom is 0.219 e. The fourth-order valence-electron chi connectivity index (χ4n) is 2.90. The SMILES string of the molecule is CC(=O)N1CCN(c2ccc(CNC3CC3)c(C)c2)CC1. The normalized spacial score (nSPS) is 19.0. The van der Waals surface area contributed by atoms with Crippen LogP contribution < -0.4 is 10.2 Å². The molecule has 1 saturated carbocycles. The number of nitrogens with zero attached hydrogens (tertiary/aromatic N) is 2. The first-order chi connectivity index (χ1) is 10.1. The fourth-order valence-corrected chi connectivity index (χ4v) is 2.90. The minimum Gasteiger partial charge on any atom is -0.368 e. The minimum atomic E-state index is 0.187. The highest BCUT2D eigenvalue weighted by Gasteiger charge is 2.21. The monoisotopic (exact) mass is 287 g/mol. The Bertz CT molecular complexity index is 517. The van der Waals surface area contributed by atoms with E-state index in [1.54, 1.807) is 6.92 Å². The van der Waals surface area contributed by atoms with Crippen molar-refractivity contribution in [1.82, 2.24) is 10.2 Å². The molecule has 1 N–H and O–H groups in total. The molecule has 4 heteroatoms. The van der Waals surface area contributed by atoms with E-state index in [1.807, 2.05) is 4.90 Å². The van der Waals surface area contributed by atoms with Gasteiger partial charge >= 0.3 is 0 Å². The maximum absolute atomic E-state index is 11.4. The van der Waals surface area contributed by atoms with Gasteiger partial charge in [-0.1, -0.05) is 6.07 Å². The van der Waals surface area contributed by atoms with Gasteiger partial charge in [-0.2, -0.15) is 0 Å². The quantitative estimate of drug-likeness (QED) is 0.919. The molecule has 1 aromatic carbocycles. The summed E-state index contributed by atoms with van der Waals surface area (Å²) in [5, 5.41) is 3.57. The summed E-state index contributed by atoms with van der Waals surface area (Å²) in [4.78, 5) is 15.7. The standard InChI is InChI=1S/C17H25N3O/c1-13-11-17(6-3-15(13)12-18-16-4-5-16)20-9-7-19(8-10-20)14(2)21/h3,6,11,16,18H,4-5,7-10,12H2,1-2H3. The second-order valence-corrected chi connectivity index (χ2v) is 6.26. The number of rotatable bonds is 4. The van der Waals surface area contributed by atoms with Gasteiger partial charge in [0.15, 0.2) is 0 Å². The number of amides is 1. The van der Waals surface area contributed by atoms with E-state index in [4.69, 9.17) is 0 Å². The van der Waals surface area contributed by atoms with Crippen molar-refractivity contribution in [2.45, 2.75) is 39.3 Å². The number of aryl methyl sites for hydroxylation is 1. The van der Waals surface area contributed by atoms with Crippen LogP contribution in [0.25, 0.3) is 0 Å². The Kier molecular flexibility index (Phi) is 4.15. The molecular formula is C17H25N3O. The fraction of sp³-hybridized carbons (Fsp3) is 0.588. The Morgan fingerprint density at radius 3 is 2.52 bits per heavy atom. The number of hydrogen-bond donors (Lipinski definition) is 1. The van der Waals surface area contributed by atoms with Gasteiger partial charge in [-0.15, -0.1) is 0 Å². The van der Waals surface area contributed by atoms with Crippen LogP contribution in [0.1, 0.15) is 30.9 Å². The lowest BCUT2D eigenvalue weighted by Crippen LogP contribution is -2.48. The average molecular weight is 287 g/mol. The molecule has 1 aromatic rings. The van der Waals surface area contributed by atoms with Crippen molar-refractivity contribution >= 4 is 11.6 Å². The maximum atomic E-state index is 11.4. The zero-order valence-corrected chi connectivity index (χ0v) is 13.1. The van der Waals surface area contributed by atoms with Gasteiger partial charge < -0.3 is 15.1 Å². The molecule has 1 heterocycles. The summed E-state index contributed by atoms with van der Waals surface area (Å²) < 4.78 is 0. The second kappa shape index (κ2) is 6.06. The summed E-state index contributed by atoms with van der Waals surface area (Å²) in [6, 6.07) is 7.51. The van der Waals surface area contributed by atoms with Crippen molar-refractivity contribution in [3.63, 3.8) is 0 Å². The van der Waals surface area contributed by atoms with Crippen LogP contribution in [0.5, 0.6) is 0 Å². The van der Waals surface area contributed by atoms with E-state index in [-0.39, 0.29) is 5.91 Å². The molecule has 3 rings (SSSR count). The largest absolute Gasteiger partial charge is 0.368 e. The van der Waals surface area contributed by atoms with Crippen molar-refractivity contribution in [3.05, 3.63) is 29.3 Å². The molecule has 21 heavy (non-hydrogen) atoms. The minimum absolute atomic E-state index is 0.187. The molecule has 1 saturated heterocycles. The number of piperazine rings is 1. The molecule has 1 amide bonds.